The molecule has 3 N–H and O–H groups in total. The summed E-state index contributed by atoms with van der Waals surface area (Å²) >= 11 is 0. The molecule has 2 atom stereocenters. The summed E-state index contributed by atoms with van der Waals surface area (Å²) < 4.78 is 5.45. The van der Waals surface area contributed by atoms with E-state index in [0.717, 1.165) is 64.2 Å². The van der Waals surface area contributed by atoms with Gasteiger partial charge in [-0.15, -0.1) is 0 Å². The Kier molecular flexibility index (Phi) is 56.1. The van der Waals surface area contributed by atoms with Crippen LogP contribution in [0.25, 0.3) is 0 Å². The molecule has 0 radical (unpaired) electrons. The van der Waals surface area contributed by atoms with E-state index in [2.05, 4.69) is 61.7 Å². The molecule has 0 aromatic heterocycles. The highest BCUT2D eigenvalue weighted by Crippen LogP contribution is 2.16. The third-order valence-electron chi connectivity index (χ3n) is 13.5. The Morgan fingerprint density at radius 2 is 0.739 bits per heavy atom. The lowest BCUT2D eigenvalue weighted by Crippen LogP contribution is -2.45. The summed E-state index contributed by atoms with van der Waals surface area (Å²) in [4.78, 5) is 24.5. The molecule has 0 saturated heterocycles. The predicted molar refractivity (Wildman–Crippen MR) is 301 cm³/mol. The van der Waals surface area contributed by atoms with Crippen molar-refractivity contribution < 1.29 is 24.5 Å². The number of unbranched alkanes of at least 4 members (excludes halogenated alkanes) is 36. The number of carbonyl (C=O) groups is 2. The molecule has 69 heavy (non-hydrogen) atoms. The Bertz CT molecular complexity index is 1210. The van der Waals surface area contributed by atoms with E-state index in [1.54, 1.807) is 6.08 Å². The number of amides is 1. The number of esters is 1. The normalized spacial score (nSPS) is 13.0. The van der Waals surface area contributed by atoms with Crippen molar-refractivity contribution in [3.63, 3.8) is 0 Å². The second-order valence-corrected chi connectivity index (χ2v) is 20.3. The van der Waals surface area contributed by atoms with Crippen molar-refractivity contribution in [3.8, 4) is 0 Å². The quantitative estimate of drug-likeness (QED) is 0.0321. The molecule has 0 fully saturated rings. The van der Waals surface area contributed by atoms with Crippen molar-refractivity contribution in [3.05, 3.63) is 60.8 Å². The molecule has 6 nitrogen and oxygen atoms in total. The first-order chi connectivity index (χ1) is 34.0. The Labute approximate surface area is 428 Å². The Morgan fingerprint density at radius 3 is 1.14 bits per heavy atom. The molecule has 0 bridgehead atoms. The molecule has 0 heterocycles. The number of rotatable bonds is 55. The highest BCUT2D eigenvalue weighted by molar-refractivity contribution is 5.76. The summed E-state index contributed by atoms with van der Waals surface area (Å²) in [5, 5.41) is 23.1. The molecule has 0 rings (SSSR count). The van der Waals surface area contributed by atoms with Gasteiger partial charge in [0.25, 0.3) is 0 Å². The minimum atomic E-state index is -0.882. The van der Waals surface area contributed by atoms with Crippen molar-refractivity contribution in [2.45, 2.75) is 315 Å². The van der Waals surface area contributed by atoms with Gasteiger partial charge in [0.1, 0.15) is 0 Å². The summed E-state index contributed by atoms with van der Waals surface area (Å²) in [6.45, 7) is 4.82. The monoisotopic (exact) mass is 966 g/mol. The van der Waals surface area contributed by atoms with Gasteiger partial charge in [0.05, 0.1) is 25.4 Å². The minimum Gasteiger partial charge on any atom is -0.466 e. The van der Waals surface area contributed by atoms with Crippen LogP contribution in [0.2, 0.25) is 0 Å². The van der Waals surface area contributed by atoms with Gasteiger partial charge in [0.2, 0.25) is 5.91 Å². The molecule has 6 heteroatoms. The summed E-state index contributed by atoms with van der Waals surface area (Å²) in [6, 6.07) is -0.675. The smallest absolute Gasteiger partial charge is 0.305 e. The number of aliphatic hydroxyl groups is 2. The molecule has 0 aromatic carbocycles. The van der Waals surface area contributed by atoms with E-state index in [1.165, 1.54) is 205 Å². The fourth-order valence-corrected chi connectivity index (χ4v) is 8.89. The maximum Gasteiger partial charge on any atom is 0.305 e. The van der Waals surface area contributed by atoms with Crippen molar-refractivity contribution >= 4 is 11.9 Å². The fraction of sp³-hybridized carbons (Fsp3) is 0.810. The van der Waals surface area contributed by atoms with Gasteiger partial charge in [-0.2, -0.15) is 0 Å². The molecular formula is C63H115NO5. The molecule has 0 aliphatic carbocycles. The zero-order valence-corrected chi connectivity index (χ0v) is 45.8. The van der Waals surface area contributed by atoms with Crippen LogP contribution in [0, 0.1) is 0 Å². The third-order valence-corrected chi connectivity index (χ3v) is 13.5. The molecule has 402 valence electrons. The van der Waals surface area contributed by atoms with Gasteiger partial charge in [-0.3, -0.25) is 9.59 Å². The highest BCUT2D eigenvalue weighted by atomic mass is 16.5. The largest absolute Gasteiger partial charge is 0.466 e. The van der Waals surface area contributed by atoms with Gasteiger partial charge >= 0.3 is 5.97 Å². The predicted octanol–water partition coefficient (Wildman–Crippen LogP) is 18.7. The molecule has 0 aromatic rings. The third kappa shape index (κ3) is 54.7. The fourth-order valence-electron chi connectivity index (χ4n) is 8.89. The van der Waals surface area contributed by atoms with Crippen molar-refractivity contribution in [2.75, 3.05) is 13.2 Å². The van der Waals surface area contributed by atoms with Crippen LogP contribution in [0.1, 0.15) is 303 Å². The molecular weight excluding hydrogens is 851 g/mol. The summed E-state index contributed by atoms with van der Waals surface area (Å²) in [5.74, 6) is -0.180. The average molecular weight is 967 g/mol. The van der Waals surface area contributed by atoms with Crippen molar-refractivity contribution in [1.82, 2.24) is 5.32 Å². The van der Waals surface area contributed by atoms with Crippen LogP contribution in [0.15, 0.2) is 60.8 Å². The van der Waals surface area contributed by atoms with Crippen LogP contribution in [0.3, 0.4) is 0 Å². The van der Waals surface area contributed by atoms with Crippen LogP contribution in [0.5, 0.6) is 0 Å². The second kappa shape index (κ2) is 58.1. The Hall–Kier alpha value is -2.44. The second-order valence-electron chi connectivity index (χ2n) is 20.3. The number of allylic oxidation sites excluding steroid dienone is 9. The number of carbonyl (C=O) groups excluding carboxylic acids is 2. The number of nitrogens with one attached hydrogen (secondary N) is 1. The van der Waals surface area contributed by atoms with E-state index in [0.29, 0.717) is 25.9 Å². The average Bonchev–Trinajstić information content (AvgIpc) is 3.35. The van der Waals surface area contributed by atoms with E-state index in [1.807, 2.05) is 12.2 Å². The van der Waals surface area contributed by atoms with E-state index in [-0.39, 0.29) is 18.5 Å². The standard InChI is InChI=1S/C63H115NO5/c1-3-5-7-9-11-13-15-17-19-21-22-23-24-25-26-27-28-31-35-39-43-47-51-55-61(66)60(59-65)64-62(67)56-52-48-44-40-36-32-30-34-38-42-46-50-54-58-69-63(68)57-53-49-45-41-37-33-29-20-18-16-14-12-10-8-6-4-2/h14,16,20,29,32,36,44,48,51,55,60-61,65-66H,3-13,15,17-19,21-28,30-31,33-35,37-43,45-47,49-50,52-54,56-59H2,1-2H3,(H,64,67)/b16-14-,29-20-,36-32-,48-44-,55-51+. The summed E-state index contributed by atoms with van der Waals surface area (Å²) in [6.07, 6.45) is 75.5. The zero-order valence-electron chi connectivity index (χ0n) is 45.8. The Morgan fingerprint density at radius 1 is 0.406 bits per heavy atom. The van der Waals surface area contributed by atoms with Gasteiger partial charge in [0, 0.05) is 12.8 Å². The zero-order chi connectivity index (χ0) is 50.0. The number of hydrogen-bond acceptors (Lipinski definition) is 5. The van der Waals surface area contributed by atoms with Crippen LogP contribution < -0.4 is 5.32 Å². The number of aliphatic hydroxyl groups excluding tert-OH is 2. The first kappa shape index (κ1) is 66.6. The van der Waals surface area contributed by atoms with Gasteiger partial charge in [0.15, 0.2) is 0 Å². The van der Waals surface area contributed by atoms with Crippen LogP contribution in [-0.2, 0) is 14.3 Å². The molecule has 0 spiro atoms. The summed E-state index contributed by atoms with van der Waals surface area (Å²) in [7, 11) is 0. The topological polar surface area (TPSA) is 95.9 Å². The van der Waals surface area contributed by atoms with Gasteiger partial charge in [-0.05, 0) is 83.5 Å². The maximum atomic E-state index is 12.5. The van der Waals surface area contributed by atoms with Crippen molar-refractivity contribution in [1.29, 1.82) is 0 Å². The van der Waals surface area contributed by atoms with E-state index < -0.39 is 12.1 Å². The van der Waals surface area contributed by atoms with Crippen molar-refractivity contribution in [2.24, 2.45) is 0 Å². The summed E-state index contributed by atoms with van der Waals surface area (Å²) in [5.41, 5.74) is 0. The van der Waals surface area contributed by atoms with E-state index in [9.17, 15) is 19.8 Å². The first-order valence-electron chi connectivity index (χ1n) is 30.1. The highest BCUT2D eigenvalue weighted by Gasteiger charge is 2.17. The SMILES string of the molecule is CCCCCC/C=C\C/C=C\CCCCCCCC(=O)OCCCCCCCC/C=C\C/C=C\CCC(=O)NC(CO)C(O)/C=C/CCCCCCCCCCCCCCCCCCCCCCC. The van der Waals surface area contributed by atoms with Crippen LogP contribution >= 0.6 is 0 Å². The first-order valence-corrected chi connectivity index (χ1v) is 30.1. The molecule has 1 amide bonds. The lowest BCUT2D eigenvalue weighted by molar-refractivity contribution is -0.143. The molecule has 2 unspecified atom stereocenters. The lowest BCUT2D eigenvalue weighted by atomic mass is 10.0. The lowest BCUT2D eigenvalue weighted by Gasteiger charge is -2.19. The van der Waals surface area contributed by atoms with E-state index >= 15 is 0 Å². The Balaban J connectivity index is 3.58. The maximum absolute atomic E-state index is 12.5. The van der Waals surface area contributed by atoms with Crippen LogP contribution in [0.4, 0.5) is 0 Å². The molecule has 0 aliphatic rings. The van der Waals surface area contributed by atoms with Gasteiger partial charge in [-0.25, -0.2) is 0 Å². The molecule has 0 saturated carbocycles. The van der Waals surface area contributed by atoms with E-state index in [4.69, 9.17) is 4.74 Å². The van der Waals surface area contributed by atoms with Crippen LogP contribution in [-0.4, -0.2) is 47.4 Å². The minimum absolute atomic E-state index is 0.0322. The van der Waals surface area contributed by atoms with Gasteiger partial charge < -0.3 is 20.3 Å². The number of ether oxygens (including phenoxy) is 1. The molecule has 0 aliphatic heterocycles. The van der Waals surface area contributed by atoms with Gasteiger partial charge in [-0.1, -0.05) is 267 Å². The number of hydrogen-bond donors (Lipinski definition) is 3.